The number of anilines is 1. The molecule has 0 saturated carbocycles. The van der Waals surface area contributed by atoms with Crippen molar-refractivity contribution in [1.82, 2.24) is 34.7 Å². The molecule has 130 valence electrons. The molecule has 0 amide bonds. The van der Waals surface area contributed by atoms with Crippen LogP contribution in [-0.4, -0.2) is 34.7 Å². The number of aromatic amines is 1. The van der Waals surface area contributed by atoms with Crippen LogP contribution in [0.2, 0.25) is 0 Å². The van der Waals surface area contributed by atoms with E-state index in [1.54, 1.807) is 30.2 Å². The van der Waals surface area contributed by atoms with E-state index < -0.39 is 0 Å². The smallest absolute Gasteiger partial charge is 0.251 e. The zero-order valence-electron chi connectivity index (χ0n) is 14.3. The van der Waals surface area contributed by atoms with Crippen molar-refractivity contribution in [2.75, 3.05) is 5.32 Å². The largest absolute Gasteiger partial charge is 0.364 e. The zero-order valence-corrected chi connectivity index (χ0v) is 14.3. The van der Waals surface area contributed by atoms with Crippen LogP contribution < -0.4 is 10.9 Å². The van der Waals surface area contributed by atoms with E-state index in [0.717, 1.165) is 10.9 Å². The second-order valence-electron chi connectivity index (χ2n) is 5.81. The van der Waals surface area contributed by atoms with Crippen LogP contribution in [0.1, 0.15) is 11.5 Å². The molecular weight excluding hydrogens is 332 g/mol. The lowest BCUT2D eigenvalue weighted by atomic mass is 10.2. The third kappa shape index (κ3) is 3.02. The Hall–Kier alpha value is -3.62. The van der Waals surface area contributed by atoms with Gasteiger partial charge in [0.2, 0.25) is 0 Å². The highest BCUT2D eigenvalue weighted by Crippen LogP contribution is 2.24. The number of aryl methyl sites for hydroxylation is 2. The van der Waals surface area contributed by atoms with Crippen molar-refractivity contribution >= 4 is 16.9 Å². The number of aromatic nitrogens is 7. The Balaban J connectivity index is 1.74. The molecule has 0 saturated heterocycles. The van der Waals surface area contributed by atoms with Gasteiger partial charge >= 0.3 is 0 Å². The van der Waals surface area contributed by atoms with E-state index in [9.17, 15) is 4.79 Å². The third-order valence-corrected chi connectivity index (χ3v) is 3.88. The fourth-order valence-corrected chi connectivity index (χ4v) is 2.69. The lowest BCUT2D eigenvalue weighted by Gasteiger charge is -2.09. The molecule has 2 N–H and O–H groups in total. The van der Waals surface area contributed by atoms with Crippen LogP contribution in [0.5, 0.6) is 0 Å². The van der Waals surface area contributed by atoms with Gasteiger partial charge in [0.15, 0.2) is 11.5 Å². The van der Waals surface area contributed by atoms with Gasteiger partial charge in [0.1, 0.15) is 11.6 Å². The van der Waals surface area contributed by atoms with Crippen LogP contribution in [-0.2, 0) is 13.6 Å². The van der Waals surface area contributed by atoms with E-state index in [1.807, 2.05) is 19.2 Å². The van der Waals surface area contributed by atoms with Crippen LogP contribution in [0.3, 0.4) is 0 Å². The van der Waals surface area contributed by atoms with Gasteiger partial charge < -0.3 is 10.3 Å². The molecule has 0 radical (unpaired) electrons. The highest BCUT2D eigenvalue weighted by molar-refractivity contribution is 5.88. The van der Waals surface area contributed by atoms with Gasteiger partial charge in [-0.05, 0) is 19.1 Å². The van der Waals surface area contributed by atoms with Crippen LogP contribution in [0.25, 0.3) is 22.4 Å². The van der Waals surface area contributed by atoms with Crippen molar-refractivity contribution in [3.8, 4) is 11.4 Å². The number of nitrogens with zero attached hydrogens (tertiary/aromatic N) is 6. The number of fused-ring (bicyclic) bond motifs is 1. The predicted octanol–water partition coefficient (Wildman–Crippen LogP) is 1.43. The molecule has 4 aromatic rings. The fraction of sp³-hybridized carbons (Fsp3) is 0.176. The Bertz CT molecular complexity index is 1130. The van der Waals surface area contributed by atoms with Crippen molar-refractivity contribution in [2.24, 2.45) is 7.05 Å². The van der Waals surface area contributed by atoms with Crippen LogP contribution in [0.4, 0.5) is 5.82 Å². The molecular formula is C17H16N8O. The fourth-order valence-electron chi connectivity index (χ4n) is 2.69. The van der Waals surface area contributed by atoms with Gasteiger partial charge in [-0.2, -0.15) is 5.10 Å². The number of pyridine rings is 1. The summed E-state index contributed by atoms with van der Waals surface area (Å²) in [5.41, 5.74) is 2.02. The first-order valence-electron chi connectivity index (χ1n) is 8.01. The molecule has 4 aromatic heterocycles. The van der Waals surface area contributed by atoms with Crippen molar-refractivity contribution in [2.45, 2.75) is 13.5 Å². The van der Waals surface area contributed by atoms with E-state index in [1.165, 1.54) is 6.07 Å². The Morgan fingerprint density at radius 3 is 2.77 bits per heavy atom. The van der Waals surface area contributed by atoms with Crippen molar-refractivity contribution in [3.63, 3.8) is 0 Å². The van der Waals surface area contributed by atoms with Gasteiger partial charge in [-0.3, -0.25) is 14.5 Å². The summed E-state index contributed by atoms with van der Waals surface area (Å²) in [5.74, 6) is 1.77. The lowest BCUT2D eigenvalue weighted by Crippen LogP contribution is -2.13. The number of H-pyrrole nitrogens is 1. The van der Waals surface area contributed by atoms with E-state index in [0.29, 0.717) is 35.4 Å². The second-order valence-corrected chi connectivity index (χ2v) is 5.81. The summed E-state index contributed by atoms with van der Waals surface area (Å²) in [4.78, 5) is 31.8. The zero-order chi connectivity index (χ0) is 18.1. The Labute approximate surface area is 148 Å². The second kappa shape index (κ2) is 6.36. The molecule has 0 aliphatic carbocycles. The predicted molar refractivity (Wildman–Crippen MR) is 96.5 cm³/mol. The maximum absolute atomic E-state index is 11.6. The molecule has 0 unspecified atom stereocenters. The number of nitrogens with one attached hydrogen (secondary N) is 2. The number of rotatable bonds is 4. The molecule has 0 aromatic carbocycles. The highest BCUT2D eigenvalue weighted by atomic mass is 16.1. The maximum atomic E-state index is 11.6. The summed E-state index contributed by atoms with van der Waals surface area (Å²) in [6.45, 7) is 2.11. The van der Waals surface area contributed by atoms with Crippen molar-refractivity contribution in [3.05, 3.63) is 58.7 Å². The first-order chi connectivity index (χ1) is 12.6. The molecule has 4 rings (SSSR count). The summed E-state index contributed by atoms with van der Waals surface area (Å²) < 4.78 is 1.70. The topological polar surface area (TPSA) is 114 Å². The molecule has 9 heteroatoms. The quantitative estimate of drug-likeness (QED) is 0.573. The Morgan fingerprint density at radius 2 is 2.00 bits per heavy atom. The molecule has 9 nitrogen and oxygen atoms in total. The first kappa shape index (κ1) is 15.9. The standard InChI is InChI=1S/C17H16N8O/c1-10-21-12(7-14(26)22-10)8-19-16-13-9-20-25(2)17(13)24-15(23-16)11-3-5-18-6-4-11/h3-7,9H,8H2,1-2H3,(H,19,23,24)(H,21,22,26). The Kier molecular flexibility index (Phi) is 3.88. The average molecular weight is 348 g/mol. The maximum Gasteiger partial charge on any atom is 0.251 e. The molecule has 4 heterocycles. The van der Waals surface area contributed by atoms with Crippen molar-refractivity contribution < 1.29 is 0 Å². The van der Waals surface area contributed by atoms with E-state index in [2.05, 4.69) is 35.3 Å². The minimum Gasteiger partial charge on any atom is -0.364 e. The van der Waals surface area contributed by atoms with Gasteiger partial charge in [0.25, 0.3) is 5.56 Å². The van der Waals surface area contributed by atoms with Crippen LogP contribution >= 0.6 is 0 Å². The minimum atomic E-state index is -0.180. The van der Waals surface area contributed by atoms with Crippen LogP contribution in [0, 0.1) is 6.92 Å². The Morgan fingerprint density at radius 1 is 1.19 bits per heavy atom. The summed E-state index contributed by atoms with van der Waals surface area (Å²) in [6, 6.07) is 5.16. The van der Waals surface area contributed by atoms with Gasteiger partial charge in [-0.25, -0.2) is 15.0 Å². The number of hydrogen-bond acceptors (Lipinski definition) is 7. The summed E-state index contributed by atoms with van der Waals surface area (Å²) >= 11 is 0. The van der Waals surface area contributed by atoms with Gasteiger partial charge in [-0.1, -0.05) is 0 Å². The molecule has 0 fully saturated rings. The van der Waals surface area contributed by atoms with E-state index in [4.69, 9.17) is 0 Å². The summed E-state index contributed by atoms with van der Waals surface area (Å²) in [7, 11) is 1.83. The van der Waals surface area contributed by atoms with Crippen molar-refractivity contribution in [1.29, 1.82) is 0 Å². The monoisotopic (exact) mass is 348 g/mol. The molecule has 0 aliphatic heterocycles. The van der Waals surface area contributed by atoms with Gasteiger partial charge in [0.05, 0.1) is 23.8 Å². The molecule has 0 bridgehead atoms. The van der Waals surface area contributed by atoms with E-state index >= 15 is 0 Å². The SMILES string of the molecule is Cc1nc(CNc2nc(-c3ccncc3)nc3c2cnn3C)cc(=O)[nH]1. The first-order valence-corrected chi connectivity index (χ1v) is 8.01. The van der Waals surface area contributed by atoms with Gasteiger partial charge in [-0.15, -0.1) is 0 Å². The number of hydrogen-bond donors (Lipinski definition) is 2. The summed E-state index contributed by atoms with van der Waals surface area (Å²) in [6.07, 6.45) is 5.11. The molecule has 0 atom stereocenters. The minimum absolute atomic E-state index is 0.180. The molecule has 26 heavy (non-hydrogen) atoms. The van der Waals surface area contributed by atoms with Crippen LogP contribution in [0.15, 0.2) is 41.6 Å². The lowest BCUT2D eigenvalue weighted by molar-refractivity contribution is 0.786. The highest BCUT2D eigenvalue weighted by Gasteiger charge is 2.13. The van der Waals surface area contributed by atoms with E-state index in [-0.39, 0.29) is 5.56 Å². The average Bonchev–Trinajstić information content (AvgIpc) is 3.01. The third-order valence-electron chi connectivity index (χ3n) is 3.88. The molecule has 0 spiro atoms. The normalized spacial score (nSPS) is 11.0. The summed E-state index contributed by atoms with van der Waals surface area (Å²) in [5, 5.41) is 8.31. The van der Waals surface area contributed by atoms with Gasteiger partial charge in [0, 0.05) is 31.1 Å². The molecule has 0 aliphatic rings.